The van der Waals surface area contributed by atoms with E-state index in [0.717, 1.165) is 0 Å². The van der Waals surface area contributed by atoms with Gasteiger partial charge in [0.05, 0.1) is 10.6 Å². The van der Waals surface area contributed by atoms with Gasteiger partial charge in [-0.2, -0.15) is 0 Å². The summed E-state index contributed by atoms with van der Waals surface area (Å²) in [5.74, 6) is 0.103. The molecular formula is C11H13ClN2O2. The van der Waals surface area contributed by atoms with Crippen LogP contribution in [0.15, 0.2) is 18.2 Å². The van der Waals surface area contributed by atoms with E-state index in [1.807, 2.05) is 0 Å². The molecule has 0 radical (unpaired) electrons. The SMILES string of the molecule is Nc1ccc(C(=O)N2CC(CO)C2)c(Cl)c1. The molecule has 2 rings (SSSR count). The number of aliphatic hydroxyl groups is 1. The second-order valence-electron chi connectivity index (χ2n) is 4.00. The first kappa shape index (κ1) is 11.2. The highest BCUT2D eigenvalue weighted by atomic mass is 35.5. The van der Waals surface area contributed by atoms with E-state index in [2.05, 4.69) is 0 Å². The number of nitrogens with two attached hydrogens (primary N) is 1. The monoisotopic (exact) mass is 240 g/mol. The molecule has 0 saturated carbocycles. The van der Waals surface area contributed by atoms with Gasteiger partial charge in [-0.25, -0.2) is 0 Å². The summed E-state index contributed by atoms with van der Waals surface area (Å²) in [4.78, 5) is 13.6. The Morgan fingerprint density at radius 2 is 2.25 bits per heavy atom. The van der Waals surface area contributed by atoms with Crippen molar-refractivity contribution in [3.05, 3.63) is 28.8 Å². The molecule has 0 atom stereocenters. The number of anilines is 1. The Labute approximate surface area is 98.6 Å². The third kappa shape index (κ3) is 1.99. The van der Waals surface area contributed by atoms with E-state index in [1.165, 1.54) is 0 Å². The smallest absolute Gasteiger partial charge is 0.255 e. The first-order chi connectivity index (χ1) is 7.61. The molecule has 0 spiro atoms. The Kier molecular flexibility index (Phi) is 3.03. The molecule has 4 nitrogen and oxygen atoms in total. The molecule has 0 aromatic heterocycles. The van der Waals surface area contributed by atoms with Crippen LogP contribution in [0.5, 0.6) is 0 Å². The Morgan fingerprint density at radius 1 is 1.56 bits per heavy atom. The highest BCUT2D eigenvalue weighted by Crippen LogP contribution is 2.24. The molecule has 3 N–H and O–H groups in total. The first-order valence-corrected chi connectivity index (χ1v) is 5.44. The van der Waals surface area contributed by atoms with Crippen LogP contribution in [-0.4, -0.2) is 35.6 Å². The third-order valence-electron chi connectivity index (χ3n) is 2.73. The summed E-state index contributed by atoms with van der Waals surface area (Å²) in [5.41, 5.74) is 6.56. The molecule has 1 aromatic carbocycles. The Morgan fingerprint density at radius 3 is 2.81 bits per heavy atom. The maximum Gasteiger partial charge on any atom is 0.255 e. The normalized spacial score (nSPS) is 16.0. The number of nitrogen functional groups attached to an aromatic ring is 1. The fourth-order valence-corrected chi connectivity index (χ4v) is 2.00. The van der Waals surface area contributed by atoms with Crippen LogP contribution in [0.2, 0.25) is 5.02 Å². The van der Waals surface area contributed by atoms with Crippen LogP contribution in [0.4, 0.5) is 5.69 Å². The highest BCUT2D eigenvalue weighted by Gasteiger charge is 2.31. The summed E-state index contributed by atoms with van der Waals surface area (Å²) in [6.07, 6.45) is 0. The van der Waals surface area contributed by atoms with Gasteiger partial charge in [-0.3, -0.25) is 4.79 Å². The minimum Gasteiger partial charge on any atom is -0.399 e. The van der Waals surface area contributed by atoms with E-state index in [1.54, 1.807) is 23.1 Å². The van der Waals surface area contributed by atoms with E-state index in [4.69, 9.17) is 22.4 Å². The summed E-state index contributed by atoms with van der Waals surface area (Å²) in [6.45, 7) is 1.31. The molecule has 1 heterocycles. The number of benzene rings is 1. The van der Waals surface area contributed by atoms with E-state index in [0.29, 0.717) is 29.4 Å². The van der Waals surface area contributed by atoms with Crippen molar-refractivity contribution in [1.82, 2.24) is 4.90 Å². The van der Waals surface area contributed by atoms with Gasteiger partial charge in [0.25, 0.3) is 5.91 Å². The minimum absolute atomic E-state index is 0.102. The topological polar surface area (TPSA) is 66.6 Å². The van der Waals surface area contributed by atoms with Gasteiger partial charge in [0.15, 0.2) is 0 Å². The van der Waals surface area contributed by atoms with Crippen molar-refractivity contribution in [3.8, 4) is 0 Å². The second-order valence-corrected chi connectivity index (χ2v) is 4.41. The van der Waals surface area contributed by atoms with Crippen LogP contribution >= 0.6 is 11.6 Å². The van der Waals surface area contributed by atoms with E-state index < -0.39 is 0 Å². The fourth-order valence-electron chi connectivity index (χ4n) is 1.73. The van der Waals surface area contributed by atoms with Crippen molar-refractivity contribution in [1.29, 1.82) is 0 Å². The average Bonchev–Trinajstić information content (AvgIpc) is 2.15. The zero-order valence-corrected chi connectivity index (χ0v) is 9.44. The van der Waals surface area contributed by atoms with Crippen molar-refractivity contribution in [2.45, 2.75) is 0 Å². The molecule has 1 aliphatic heterocycles. The summed E-state index contributed by atoms with van der Waals surface area (Å²) >= 11 is 5.94. The lowest BCUT2D eigenvalue weighted by molar-refractivity contribution is 0.0362. The number of halogens is 1. The lowest BCUT2D eigenvalue weighted by Crippen LogP contribution is -2.51. The van der Waals surface area contributed by atoms with Crippen LogP contribution in [0.3, 0.4) is 0 Å². The Balaban J connectivity index is 2.10. The number of hydrogen-bond acceptors (Lipinski definition) is 3. The lowest BCUT2D eigenvalue weighted by atomic mass is 10.00. The number of likely N-dealkylation sites (tertiary alicyclic amines) is 1. The first-order valence-electron chi connectivity index (χ1n) is 5.07. The number of carbonyl (C=O) groups is 1. The molecule has 0 aliphatic carbocycles. The highest BCUT2D eigenvalue weighted by molar-refractivity contribution is 6.34. The van der Waals surface area contributed by atoms with Crippen molar-refractivity contribution in [3.63, 3.8) is 0 Å². The van der Waals surface area contributed by atoms with Crippen LogP contribution in [0.1, 0.15) is 10.4 Å². The molecule has 1 amide bonds. The van der Waals surface area contributed by atoms with E-state index in [-0.39, 0.29) is 18.4 Å². The molecule has 86 valence electrons. The van der Waals surface area contributed by atoms with Crippen molar-refractivity contribution >= 4 is 23.2 Å². The number of amides is 1. The number of nitrogens with zero attached hydrogens (tertiary/aromatic N) is 1. The number of hydrogen-bond donors (Lipinski definition) is 2. The van der Waals surface area contributed by atoms with Crippen molar-refractivity contribution < 1.29 is 9.90 Å². The second kappa shape index (κ2) is 4.31. The molecule has 0 bridgehead atoms. The van der Waals surface area contributed by atoms with Gasteiger partial charge in [0.2, 0.25) is 0 Å². The average molecular weight is 241 g/mol. The van der Waals surface area contributed by atoms with Gasteiger partial charge in [-0.05, 0) is 18.2 Å². The summed E-state index contributed by atoms with van der Waals surface area (Å²) in [7, 11) is 0. The van der Waals surface area contributed by atoms with E-state index in [9.17, 15) is 4.79 Å². The number of carbonyl (C=O) groups excluding carboxylic acids is 1. The summed E-state index contributed by atoms with van der Waals surface area (Å²) < 4.78 is 0. The van der Waals surface area contributed by atoms with Crippen LogP contribution in [0.25, 0.3) is 0 Å². The zero-order valence-electron chi connectivity index (χ0n) is 8.69. The van der Waals surface area contributed by atoms with Crippen LogP contribution < -0.4 is 5.73 Å². The molecule has 16 heavy (non-hydrogen) atoms. The maximum absolute atomic E-state index is 11.9. The van der Waals surface area contributed by atoms with Crippen LogP contribution in [-0.2, 0) is 0 Å². The molecule has 1 saturated heterocycles. The molecule has 1 aromatic rings. The Hall–Kier alpha value is -1.26. The predicted octanol–water partition coefficient (Wildman–Crippen LogP) is 0.987. The molecule has 5 heteroatoms. The quantitative estimate of drug-likeness (QED) is 0.758. The molecular weight excluding hydrogens is 228 g/mol. The van der Waals surface area contributed by atoms with Gasteiger partial charge in [0.1, 0.15) is 0 Å². The number of aliphatic hydroxyl groups excluding tert-OH is 1. The predicted molar refractivity (Wildman–Crippen MR) is 62.3 cm³/mol. The minimum atomic E-state index is -0.102. The molecule has 1 fully saturated rings. The largest absolute Gasteiger partial charge is 0.399 e. The van der Waals surface area contributed by atoms with Gasteiger partial charge >= 0.3 is 0 Å². The van der Waals surface area contributed by atoms with Gasteiger partial charge in [-0.15, -0.1) is 0 Å². The fraction of sp³-hybridized carbons (Fsp3) is 0.364. The van der Waals surface area contributed by atoms with Crippen LogP contribution in [0, 0.1) is 5.92 Å². The maximum atomic E-state index is 11.9. The Bertz CT molecular complexity index is 416. The van der Waals surface area contributed by atoms with Crippen molar-refractivity contribution in [2.75, 3.05) is 25.4 Å². The molecule has 0 unspecified atom stereocenters. The standard InChI is InChI=1S/C11H13ClN2O2/c12-10-3-8(13)1-2-9(10)11(16)14-4-7(5-14)6-15/h1-3,7,15H,4-6,13H2. The van der Waals surface area contributed by atoms with Gasteiger partial charge in [0, 0.05) is 31.3 Å². The third-order valence-corrected chi connectivity index (χ3v) is 3.04. The molecule has 1 aliphatic rings. The zero-order chi connectivity index (χ0) is 11.7. The van der Waals surface area contributed by atoms with Gasteiger partial charge < -0.3 is 15.7 Å². The summed E-state index contributed by atoms with van der Waals surface area (Å²) in [5, 5.41) is 9.24. The number of rotatable bonds is 2. The summed E-state index contributed by atoms with van der Waals surface area (Å²) in [6, 6.07) is 4.85. The van der Waals surface area contributed by atoms with E-state index >= 15 is 0 Å². The van der Waals surface area contributed by atoms with Crippen molar-refractivity contribution in [2.24, 2.45) is 5.92 Å². The van der Waals surface area contributed by atoms with Gasteiger partial charge in [-0.1, -0.05) is 11.6 Å². The lowest BCUT2D eigenvalue weighted by Gasteiger charge is -2.38.